The highest BCUT2D eigenvalue weighted by molar-refractivity contribution is 5.52. The lowest BCUT2D eigenvalue weighted by Gasteiger charge is -2.11. The van der Waals surface area contributed by atoms with E-state index in [-0.39, 0.29) is 0 Å². The lowest BCUT2D eigenvalue weighted by molar-refractivity contribution is 0.320. The van der Waals surface area contributed by atoms with Gasteiger partial charge in [-0.25, -0.2) is 4.98 Å². The van der Waals surface area contributed by atoms with Crippen LogP contribution < -0.4 is 15.2 Å². The van der Waals surface area contributed by atoms with E-state index < -0.39 is 0 Å². The third-order valence-electron chi connectivity index (χ3n) is 2.37. The molecule has 1 aromatic carbocycles. The zero-order chi connectivity index (χ0) is 13.0. The van der Waals surface area contributed by atoms with Crippen LogP contribution in [0.2, 0.25) is 0 Å². The summed E-state index contributed by atoms with van der Waals surface area (Å²) in [6.45, 7) is 4.44. The molecule has 0 spiro atoms. The maximum Gasteiger partial charge on any atom is 0.242 e. The maximum absolute atomic E-state index is 5.86. The van der Waals surface area contributed by atoms with Crippen molar-refractivity contribution in [1.29, 1.82) is 0 Å². The number of hydrogen-bond acceptors (Lipinski definition) is 4. The molecule has 18 heavy (non-hydrogen) atoms. The standard InChI is InChI=1S/C14H16N2O2/c1-3-17-12-6-4-5-7-13(12)18-14-11(15)8-10(2)9-16-14/h4-9H,3,15H2,1-2H3. The van der Waals surface area contributed by atoms with Crippen LogP contribution in [0.15, 0.2) is 36.5 Å². The summed E-state index contributed by atoms with van der Waals surface area (Å²) < 4.78 is 11.2. The van der Waals surface area contributed by atoms with E-state index in [1.165, 1.54) is 0 Å². The second-order valence-corrected chi connectivity index (χ2v) is 3.89. The number of ether oxygens (including phenoxy) is 2. The van der Waals surface area contributed by atoms with Gasteiger partial charge >= 0.3 is 0 Å². The summed E-state index contributed by atoms with van der Waals surface area (Å²) in [7, 11) is 0. The van der Waals surface area contributed by atoms with Crippen molar-refractivity contribution in [2.45, 2.75) is 13.8 Å². The molecule has 0 aliphatic rings. The van der Waals surface area contributed by atoms with Crippen LogP contribution in [0.1, 0.15) is 12.5 Å². The molecule has 4 nitrogen and oxygen atoms in total. The van der Waals surface area contributed by atoms with Gasteiger partial charge in [-0.1, -0.05) is 12.1 Å². The summed E-state index contributed by atoms with van der Waals surface area (Å²) >= 11 is 0. The molecule has 0 saturated carbocycles. The number of nitrogens with two attached hydrogens (primary N) is 1. The molecule has 0 bridgehead atoms. The van der Waals surface area contributed by atoms with Gasteiger partial charge in [0.1, 0.15) is 0 Å². The van der Waals surface area contributed by atoms with E-state index in [0.717, 1.165) is 5.56 Å². The average molecular weight is 244 g/mol. The molecule has 2 N–H and O–H groups in total. The number of benzene rings is 1. The Labute approximate surface area is 106 Å². The van der Waals surface area contributed by atoms with Crippen molar-refractivity contribution in [3.63, 3.8) is 0 Å². The van der Waals surface area contributed by atoms with E-state index in [4.69, 9.17) is 15.2 Å². The molecule has 0 radical (unpaired) electrons. The molecule has 0 saturated heterocycles. The summed E-state index contributed by atoms with van der Waals surface area (Å²) in [4.78, 5) is 4.17. The molecule has 94 valence electrons. The highest BCUT2D eigenvalue weighted by atomic mass is 16.5. The Hall–Kier alpha value is -2.23. The lowest BCUT2D eigenvalue weighted by atomic mass is 10.3. The fraction of sp³-hybridized carbons (Fsp3) is 0.214. The van der Waals surface area contributed by atoms with Crippen LogP contribution in [-0.2, 0) is 0 Å². The predicted octanol–water partition coefficient (Wildman–Crippen LogP) is 3.16. The molecule has 0 amide bonds. The minimum atomic E-state index is 0.396. The van der Waals surface area contributed by atoms with Crippen LogP contribution >= 0.6 is 0 Å². The van der Waals surface area contributed by atoms with Gasteiger partial charge in [-0.05, 0) is 37.6 Å². The van der Waals surface area contributed by atoms with Crippen molar-refractivity contribution in [3.8, 4) is 17.4 Å². The first-order valence-electron chi connectivity index (χ1n) is 5.82. The molecule has 0 atom stereocenters. The molecular weight excluding hydrogens is 228 g/mol. The van der Waals surface area contributed by atoms with Gasteiger partial charge in [0.2, 0.25) is 5.88 Å². The monoisotopic (exact) mass is 244 g/mol. The molecular formula is C14H16N2O2. The van der Waals surface area contributed by atoms with E-state index >= 15 is 0 Å². The molecule has 1 heterocycles. The highest BCUT2D eigenvalue weighted by Gasteiger charge is 2.08. The van der Waals surface area contributed by atoms with Crippen molar-refractivity contribution in [3.05, 3.63) is 42.1 Å². The van der Waals surface area contributed by atoms with Gasteiger partial charge < -0.3 is 15.2 Å². The van der Waals surface area contributed by atoms with Gasteiger partial charge in [-0.3, -0.25) is 0 Å². The quantitative estimate of drug-likeness (QED) is 0.897. The summed E-state index contributed by atoms with van der Waals surface area (Å²) in [5.41, 5.74) is 7.38. The second-order valence-electron chi connectivity index (χ2n) is 3.89. The summed E-state index contributed by atoms with van der Waals surface area (Å²) in [6.07, 6.45) is 1.72. The number of nitrogen functional groups attached to an aromatic ring is 1. The van der Waals surface area contributed by atoms with Crippen LogP contribution in [0, 0.1) is 6.92 Å². The maximum atomic E-state index is 5.86. The Morgan fingerprint density at radius 1 is 1.22 bits per heavy atom. The van der Waals surface area contributed by atoms with Crippen LogP contribution in [0.5, 0.6) is 17.4 Å². The molecule has 1 aromatic heterocycles. The number of aryl methyl sites for hydroxylation is 1. The Kier molecular flexibility index (Phi) is 3.67. The first kappa shape index (κ1) is 12.2. The molecule has 0 unspecified atom stereocenters. The van der Waals surface area contributed by atoms with Gasteiger partial charge in [0, 0.05) is 6.20 Å². The van der Waals surface area contributed by atoms with Crippen LogP contribution in [0.3, 0.4) is 0 Å². The van der Waals surface area contributed by atoms with E-state index in [2.05, 4.69) is 4.98 Å². The van der Waals surface area contributed by atoms with E-state index in [1.54, 1.807) is 6.20 Å². The van der Waals surface area contributed by atoms with Gasteiger partial charge in [-0.15, -0.1) is 0 Å². The third-order valence-corrected chi connectivity index (χ3v) is 2.37. The number of anilines is 1. The summed E-state index contributed by atoms with van der Waals surface area (Å²) in [6, 6.07) is 9.27. The first-order valence-corrected chi connectivity index (χ1v) is 5.82. The minimum Gasteiger partial charge on any atom is -0.490 e. The van der Waals surface area contributed by atoms with Crippen LogP contribution in [-0.4, -0.2) is 11.6 Å². The average Bonchev–Trinajstić information content (AvgIpc) is 2.35. The lowest BCUT2D eigenvalue weighted by Crippen LogP contribution is -1.98. The first-order chi connectivity index (χ1) is 8.70. The van der Waals surface area contributed by atoms with Crippen LogP contribution in [0.25, 0.3) is 0 Å². The van der Waals surface area contributed by atoms with Crippen molar-refractivity contribution in [2.75, 3.05) is 12.3 Å². The third kappa shape index (κ3) is 2.71. The topological polar surface area (TPSA) is 57.4 Å². The largest absolute Gasteiger partial charge is 0.490 e. The second kappa shape index (κ2) is 5.40. The molecule has 0 aliphatic heterocycles. The fourth-order valence-corrected chi connectivity index (χ4v) is 1.58. The van der Waals surface area contributed by atoms with E-state index in [9.17, 15) is 0 Å². The molecule has 2 rings (SSSR count). The SMILES string of the molecule is CCOc1ccccc1Oc1ncc(C)cc1N. The van der Waals surface area contributed by atoms with Crippen molar-refractivity contribution in [2.24, 2.45) is 0 Å². The van der Waals surface area contributed by atoms with E-state index in [1.807, 2.05) is 44.2 Å². The van der Waals surface area contributed by atoms with Gasteiger partial charge in [0.05, 0.1) is 12.3 Å². The Morgan fingerprint density at radius 3 is 2.61 bits per heavy atom. The van der Waals surface area contributed by atoms with Gasteiger partial charge in [0.25, 0.3) is 0 Å². The molecule has 0 fully saturated rings. The fourth-order valence-electron chi connectivity index (χ4n) is 1.58. The molecule has 0 aliphatic carbocycles. The number of hydrogen-bond donors (Lipinski definition) is 1. The smallest absolute Gasteiger partial charge is 0.242 e. The van der Waals surface area contributed by atoms with Gasteiger partial charge in [0.15, 0.2) is 11.5 Å². The molecule has 2 aromatic rings. The number of pyridine rings is 1. The normalized spacial score (nSPS) is 10.1. The van der Waals surface area contributed by atoms with Crippen LogP contribution in [0.4, 0.5) is 5.69 Å². The Balaban J connectivity index is 2.28. The Bertz CT molecular complexity index is 541. The van der Waals surface area contributed by atoms with E-state index in [0.29, 0.717) is 29.7 Å². The van der Waals surface area contributed by atoms with Crippen molar-refractivity contribution < 1.29 is 9.47 Å². The molecule has 4 heteroatoms. The number of rotatable bonds is 4. The number of para-hydroxylation sites is 2. The zero-order valence-electron chi connectivity index (χ0n) is 10.5. The number of aromatic nitrogens is 1. The number of nitrogens with zero attached hydrogens (tertiary/aromatic N) is 1. The van der Waals surface area contributed by atoms with Crippen molar-refractivity contribution in [1.82, 2.24) is 4.98 Å². The van der Waals surface area contributed by atoms with Crippen molar-refractivity contribution >= 4 is 5.69 Å². The zero-order valence-corrected chi connectivity index (χ0v) is 10.5. The highest BCUT2D eigenvalue weighted by Crippen LogP contribution is 2.32. The minimum absolute atomic E-state index is 0.396. The Morgan fingerprint density at radius 2 is 1.94 bits per heavy atom. The van der Waals surface area contributed by atoms with Gasteiger partial charge in [-0.2, -0.15) is 0 Å². The summed E-state index contributed by atoms with van der Waals surface area (Å²) in [5, 5.41) is 0. The summed E-state index contributed by atoms with van der Waals surface area (Å²) in [5.74, 6) is 1.69. The predicted molar refractivity (Wildman–Crippen MR) is 71.1 cm³/mol.